The highest BCUT2D eigenvalue weighted by Gasteiger charge is 2.56. The highest BCUT2D eigenvalue weighted by molar-refractivity contribution is 7.57. The number of hydrogen-bond donors (Lipinski definition) is 6. The van der Waals surface area contributed by atoms with Gasteiger partial charge in [0.2, 0.25) is 11.6 Å². The maximum Gasteiger partial charge on any atom is 0.329 e. The molecule has 802 valence electrons. The van der Waals surface area contributed by atoms with Crippen LogP contribution in [0.3, 0.4) is 0 Å². The minimum Gasteiger partial charge on any atom is -0.460 e. The molecular formula is C109H171N2O30P. The van der Waals surface area contributed by atoms with Crippen molar-refractivity contribution in [3.8, 4) is 0 Å². The lowest BCUT2D eigenvalue weighted by Gasteiger charge is -2.42. The van der Waals surface area contributed by atoms with Crippen molar-refractivity contribution in [2.45, 2.75) is 367 Å². The number of nitrogens with zero attached hydrogens (tertiary/aromatic N) is 2. The van der Waals surface area contributed by atoms with Crippen molar-refractivity contribution in [1.29, 1.82) is 0 Å². The van der Waals surface area contributed by atoms with E-state index in [1.807, 2.05) is 109 Å². The largest absolute Gasteiger partial charge is 0.460 e. The summed E-state index contributed by atoms with van der Waals surface area (Å²) in [6, 6.07) is -2.36. The zero-order chi connectivity index (χ0) is 106. The SMILES string of the molecule is CO[C@H]1C[C@@H]2CC[C@@H](C)[C@@](O)(O2)C(=O)C(=O)N2CCCC[C@H]2C(=O)O[C@H](C(C)C[C@@H]2CC[C@@H](OC(=O)C(C)(CO)CO)[C@H](OC)C2)CC(=O)[C@H](C)/C=C(\C)[C@@H](O)[C@@H](OC)C(=O)[C@H](C)C[C@H](C)/C=C/C=CC=C1C.CO[C@H]1C[C@@H]2CC[C@@H](C)[C@@](O)(O2)C(=O)C(=O)N2CCCC[C@H]2C(=O)O[C@H]([C@H](C)C[C@@H]2CC[C@@H](OP(C)(C)=O)[C@H](OC)C2)CC(=O)[C@H](C)/C=C(\C)[C@@H](O)[C@@H](OC)C(=O)[C@H](C)C[C@H](C)/C=C/C=C/C=C/1C. The molecule has 142 heavy (non-hydrogen) atoms. The summed E-state index contributed by atoms with van der Waals surface area (Å²) in [6.07, 6.45) is 21.1. The summed E-state index contributed by atoms with van der Waals surface area (Å²) in [5, 5.41) is 66.5. The van der Waals surface area contributed by atoms with Crippen LogP contribution in [0.25, 0.3) is 0 Å². The first-order chi connectivity index (χ1) is 66.9. The Morgan fingerprint density at radius 1 is 0.479 bits per heavy atom. The van der Waals surface area contributed by atoms with E-state index in [0.717, 1.165) is 22.5 Å². The minimum absolute atomic E-state index is 0.00697. The summed E-state index contributed by atoms with van der Waals surface area (Å²) in [6.45, 7) is 28.6. The van der Waals surface area contributed by atoms with Crippen LogP contribution in [0.15, 0.2) is 95.2 Å². The van der Waals surface area contributed by atoms with E-state index in [1.54, 1.807) is 95.3 Å². The number of ketones is 6. The van der Waals surface area contributed by atoms with E-state index >= 15 is 0 Å². The van der Waals surface area contributed by atoms with Gasteiger partial charge in [0.15, 0.2) is 18.9 Å². The molecule has 4 saturated heterocycles. The maximum atomic E-state index is 14.5. The number of carbonyl (C=O) groups excluding carboxylic acids is 11. The summed E-state index contributed by atoms with van der Waals surface area (Å²) in [5.41, 5.74) is 0.977. The Bertz CT molecular complexity index is 4500. The number of ether oxygens (including phenoxy) is 11. The van der Waals surface area contributed by atoms with Crippen LogP contribution in [0.1, 0.15) is 258 Å². The Labute approximate surface area is 842 Å². The second-order valence-corrected chi connectivity index (χ2v) is 45.5. The van der Waals surface area contributed by atoms with Gasteiger partial charge < -0.3 is 97.1 Å². The molecule has 0 radical (unpaired) electrons. The topological polar surface area (TPSA) is 443 Å². The van der Waals surface area contributed by atoms with Gasteiger partial charge in [0.05, 0.1) is 55.9 Å². The fourth-order valence-corrected chi connectivity index (χ4v) is 22.1. The third kappa shape index (κ3) is 33.7. The van der Waals surface area contributed by atoms with Gasteiger partial charge >= 0.3 is 17.9 Å². The van der Waals surface area contributed by atoms with Crippen molar-refractivity contribution in [2.24, 2.45) is 76.4 Å². The van der Waals surface area contributed by atoms with E-state index in [0.29, 0.717) is 133 Å². The number of methoxy groups -OCH3 is 6. The molecule has 2 aliphatic carbocycles. The van der Waals surface area contributed by atoms with Crippen LogP contribution in [-0.2, 0) is 114 Å². The summed E-state index contributed by atoms with van der Waals surface area (Å²) in [5.74, 6) is -17.5. The van der Waals surface area contributed by atoms with Gasteiger partial charge in [-0.15, -0.1) is 0 Å². The van der Waals surface area contributed by atoms with Gasteiger partial charge in [-0.2, -0.15) is 0 Å². The molecule has 6 N–H and O–H groups in total. The van der Waals surface area contributed by atoms with Crippen molar-refractivity contribution in [1.82, 2.24) is 9.80 Å². The number of fused-ring (bicyclic) bond motifs is 6. The number of amides is 2. The second-order valence-electron chi connectivity index (χ2n) is 42.8. The van der Waals surface area contributed by atoms with Crippen LogP contribution < -0.4 is 0 Å². The molecule has 33 heteroatoms. The molecule has 6 aliphatic heterocycles. The zero-order valence-electron chi connectivity index (χ0n) is 88.7. The number of aliphatic hydroxyl groups excluding tert-OH is 4. The van der Waals surface area contributed by atoms with Crippen molar-refractivity contribution in [3.05, 3.63) is 95.2 Å². The third-order valence-corrected chi connectivity index (χ3v) is 31.5. The molecule has 0 spiro atoms. The van der Waals surface area contributed by atoms with Gasteiger partial charge in [0, 0.05) is 130 Å². The summed E-state index contributed by atoms with van der Waals surface area (Å²) in [4.78, 5) is 158. The number of hydrogen-bond acceptors (Lipinski definition) is 30. The van der Waals surface area contributed by atoms with Gasteiger partial charge in [-0.1, -0.05) is 142 Å². The number of esters is 3. The lowest BCUT2D eigenvalue weighted by Crippen LogP contribution is -2.61. The Morgan fingerprint density at radius 3 is 1.22 bits per heavy atom. The number of rotatable bonds is 18. The van der Waals surface area contributed by atoms with E-state index in [-0.39, 0.29) is 104 Å². The van der Waals surface area contributed by atoms with Crippen molar-refractivity contribution in [2.75, 3.05) is 82.3 Å². The monoisotopic (exact) mass is 2020 g/mol. The number of cyclic esters (lactones) is 2. The predicted octanol–water partition coefficient (Wildman–Crippen LogP) is 13.5. The molecule has 6 fully saturated rings. The lowest BCUT2D eigenvalue weighted by atomic mass is 9.78. The van der Waals surface area contributed by atoms with Gasteiger partial charge in [0.1, 0.15) is 71.8 Å². The van der Waals surface area contributed by atoms with E-state index in [9.17, 15) is 87.9 Å². The van der Waals surface area contributed by atoms with Gasteiger partial charge in [-0.25, -0.2) is 9.59 Å². The van der Waals surface area contributed by atoms with E-state index < -0.39 is 206 Å². The van der Waals surface area contributed by atoms with Gasteiger partial charge in [0.25, 0.3) is 23.4 Å². The number of aliphatic hydroxyl groups is 6. The molecule has 30 atom stereocenters. The van der Waals surface area contributed by atoms with Crippen molar-refractivity contribution >= 4 is 71.8 Å². The molecule has 8 aliphatic rings. The molecule has 1 unspecified atom stereocenters. The highest BCUT2D eigenvalue weighted by Crippen LogP contribution is 2.47. The number of Topliss-reactive ketones (excluding diaryl/α,β-unsaturated/α-hetero) is 6. The Hall–Kier alpha value is -7.08. The molecule has 4 bridgehead atoms. The van der Waals surface area contributed by atoms with Gasteiger partial charge in [-0.05, 0) is 221 Å². The molecule has 0 aromatic rings. The van der Waals surface area contributed by atoms with Crippen LogP contribution in [0.2, 0.25) is 0 Å². The van der Waals surface area contributed by atoms with Crippen LogP contribution in [0, 0.1) is 76.4 Å². The number of piperidine rings is 2. The summed E-state index contributed by atoms with van der Waals surface area (Å²) < 4.78 is 83.6. The van der Waals surface area contributed by atoms with E-state index in [2.05, 4.69) is 0 Å². The lowest BCUT2D eigenvalue weighted by molar-refractivity contribution is -0.265. The average Bonchev–Trinajstić information content (AvgIpc) is 0.772. The molecule has 32 nitrogen and oxygen atoms in total. The highest BCUT2D eigenvalue weighted by atomic mass is 31.2. The first-order valence-electron chi connectivity index (χ1n) is 51.6. The molecule has 8 rings (SSSR count). The van der Waals surface area contributed by atoms with Gasteiger partial charge in [-0.3, -0.25) is 47.7 Å². The first kappa shape index (κ1) is 122. The second kappa shape index (κ2) is 56.9. The maximum absolute atomic E-state index is 14.5. The molecule has 2 amide bonds. The normalized spacial score (nSPS) is 37.6. The van der Waals surface area contributed by atoms with Crippen molar-refractivity contribution < 1.29 is 145 Å². The third-order valence-electron chi connectivity index (χ3n) is 30.7. The smallest absolute Gasteiger partial charge is 0.329 e. The average molecular weight is 2020 g/mol. The van der Waals surface area contributed by atoms with Crippen LogP contribution in [-0.4, -0.2) is 296 Å². The van der Waals surface area contributed by atoms with Crippen LogP contribution in [0.4, 0.5) is 0 Å². The fraction of sp³-hybridized carbons (Fsp3) is 0.752. The molecular weight excluding hydrogens is 1850 g/mol. The fourth-order valence-electron chi connectivity index (χ4n) is 21.2. The predicted molar refractivity (Wildman–Crippen MR) is 535 cm³/mol. The first-order valence-corrected chi connectivity index (χ1v) is 54.1. The zero-order valence-corrected chi connectivity index (χ0v) is 89.6. The molecule has 0 aromatic heterocycles. The Kier molecular flexibility index (Phi) is 48.8. The van der Waals surface area contributed by atoms with E-state index in [1.165, 1.54) is 33.2 Å². The minimum atomic E-state index is -2.79. The van der Waals surface area contributed by atoms with Crippen molar-refractivity contribution in [3.63, 3.8) is 0 Å². The van der Waals surface area contributed by atoms with E-state index in [4.69, 9.17) is 56.6 Å². The van der Waals surface area contributed by atoms with Crippen LogP contribution in [0.5, 0.6) is 0 Å². The summed E-state index contributed by atoms with van der Waals surface area (Å²) in [7, 11) is 6.19. The number of carbonyl (C=O) groups is 11. The Morgan fingerprint density at radius 2 is 0.859 bits per heavy atom. The number of allylic oxidation sites excluding steroid dienone is 12. The quantitative estimate of drug-likeness (QED) is 0.0244. The van der Waals surface area contributed by atoms with Crippen LogP contribution >= 0.6 is 7.37 Å². The molecule has 0 aromatic carbocycles. The standard InChI is InChI=1S/C56H87NO16.C53H84NO14P/c1-33-17-13-12-14-18-34(2)45(68-9)29-41-22-20-39(7)56(67,73-41)51(63)52(64)57-24-16-15-19-42(57)53(65)71-46(30-43(60)35(3)26-38(6)49(62)50(70-11)48(61)37(5)25-33)36(4)27-40-21-23-44(47(28-40)69-10)72-54(66)55(8,31-58)32-59;1-32-18-14-13-15-19-33(2)44(63-8)30-40-23-21-38(7)53(61,67-40)50(58)51(59)54-25-17-16-20-41(54)52(60)66-45(35(4)28-39-22-24-43(46(29-39)64-9)68-69(11,12)62)31-42(55)34(3)27-37(6)48(57)49(65-10)47(56)36(5)26-32/h12-14,17-18,26,33,35-37,39-42,44-47,49-50,58-59,62,67H,15-16,19-25,27-32H2,1-11H3;13-15,18-19,27,32,34-36,38-41,43-46,48-49,57,61H,16-17,20-26,28-31H2,1-12H3/b14-12?,17-13+,34-18?,38-26+;15-13+,18-14+,33-19+,37-27+/t33-,35-,36?,37-,39-,40+,41+,42+,44-,45+,46+,47-,49-,50+,56-;32-,34-,35-,36-,38-,39+,40+,41+,43-,44+,45+,46-,48-,49+,53-/m11/s1. The Balaban J connectivity index is 0.000000386. The molecule has 2 saturated carbocycles. The molecule has 6 heterocycles. The summed E-state index contributed by atoms with van der Waals surface area (Å²) >= 11 is 0.